The molecule has 1 amide bonds. The monoisotopic (exact) mass is 449 g/mol. The average Bonchev–Trinajstić information content (AvgIpc) is 2.80. The van der Waals surface area contributed by atoms with Crippen LogP contribution in [-0.4, -0.2) is 34.2 Å². The van der Waals surface area contributed by atoms with Gasteiger partial charge in [-0.3, -0.25) is 9.80 Å². The minimum Gasteiger partial charge on any atom is -0.443 e. The standard InChI is InChI=1S/C28H39N3O2/c1-28(2,3)33-27(32)31(24-14-8-5-9-15-24)26-18-17-23(20-29-26)25-16-10-11-19-30(25)21-22-12-6-4-7-13-22/h4,6-7,12-13,17-18,20,24-25H,5,8-11,14-16,19,21H2,1-3H3. The zero-order valence-electron chi connectivity index (χ0n) is 20.5. The highest BCUT2D eigenvalue weighted by atomic mass is 16.6. The third-order valence-corrected chi connectivity index (χ3v) is 6.77. The molecule has 1 saturated heterocycles. The molecule has 5 nitrogen and oxygen atoms in total. The first-order chi connectivity index (χ1) is 15.9. The van der Waals surface area contributed by atoms with Crippen molar-refractivity contribution in [3.8, 4) is 0 Å². The number of hydrogen-bond acceptors (Lipinski definition) is 4. The minimum absolute atomic E-state index is 0.163. The topological polar surface area (TPSA) is 45.7 Å². The summed E-state index contributed by atoms with van der Waals surface area (Å²) >= 11 is 0. The summed E-state index contributed by atoms with van der Waals surface area (Å²) in [7, 11) is 0. The Hall–Kier alpha value is -2.40. The number of ether oxygens (including phenoxy) is 1. The van der Waals surface area contributed by atoms with Crippen LogP contribution < -0.4 is 4.90 Å². The first kappa shape index (κ1) is 23.7. The van der Waals surface area contributed by atoms with Crippen molar-refractivity contribution < 1.29 is 9.53 Å². The number of nitrogens with zero attached hydrogens (tertiary/aromatic N) is 3. The van der Waals surface area contributed by atoms with Crippen molar-refractivity contribution in [1.29, 1.82) is 0 Å². The van der Waals surface area contributed by atoms with Gasteiger partial charge in [0.1, 0.15) is 11.4 Å². The maximum absolute atomic E-state index is 13.2. The number of pyridine rings is 1. The van der Waals surface area contributed by atoms with Gasteiger partial charge in [0.25, 0.3) is 0 Å². The number of benzene rings is 1. The molecule has 1 atom stereocenters. The molecule has 0 bridgehead atoms. The van der Waals surface area contributed by atoms with Crippen molar-refractivity contribution in [2.45, 2.75) is 96.4 Å². The zero-order chi connectivity index (χ0) is 23.3. The van der Waals surface area contributed by atoms with E-state index in [1.54, 1.807) is 0 Å². The largest absolute Gasteiger partial charge is 0.443 e. The van der Waals surface area contributed by atoms with Crippen LogP contribution in [0.2, 0.25) is 0 Å². The van der Waals surface area contributed by atoms with E-state index in [0.717, 1.165) is 45.2 Å². The van der Waals surface area contributed by atoms with Crippen LogP contribution in [0.5, 0.6) is 0 Å². The highest BCUT2D eigenvalue weighted by Crippen LogP contribution is 2.34. The van der Waals surface area contributed by atoms with Gasteiger partial charge in [0, 0.05) is 24.8 Å². The van der Waals surface area contributed by atoms with Crippen LogP contribution in [0.4, 0.5) is 10.6 Å². The highest BCUT2D eigenvalue weighted by molar-refractivity contribution is 5.87. The van der Waals surface area contributed by atoms with E-state index >= 15 is 0 Å². The lowest BCUT2D eigenvalue weighted by atomic mass is 9.94. The van der Waals surface area contributed by atoms with E-state index in [1.165, 1.54) is 30.4 Å². The molecule has 1 aromatic heterocycles. The van der Waals surface area contributed by atoms with E-state index in [1.807, 2.05) is 37.9 Å². The molecule has 178 valence electrons. The number of likely N-dealkylation sites (tertiary alicyclic amines) is 1. The number of anilines is 1. The van der Waals surface area contributed by atoms with Gasteiger partial charge in [-0.15, -0.1) is 0 Å². The van der Waals surface area contributed by atoms with Gasteiger partial charge in [-0.1, -0.05) is 62.1 Å². The Labute approximate surface area is 199 Å². The molecule has 0 spiro atoms. The Balaban J connectivity index is 1.54. The molecule has 33 heavy (non-hydrogen) atoms. The molecule has 2 aliphatic rings. The molecular formula is C28H39N3O2. The smallest absolute Gasteiger partial charge is 0.416 e. The molecule has 0 radical (unpaired) electrons. The van der Waals surface area contributed by atoms with Crippen LogP contribution >= 0.6 is 0 Å². The maximum Gasteiger partial charge on any atom is 0.416 e. The summed E-state index contributed by atoms with van der Waals surface area (Å²) in [6, 6.07) is 15.4. The lowest BCUT2D eigenvalue weighted by Gasteiger charge is -2.37. The predicted octanol–water partition coefficient (Wildman–Crippen LogP) is 6.88. The first-order valence-electron chi connectivity index (χ1n) is 12.7. The fraction of sp³-hybridized carbons (Fsp3) is 0.571. The fourth-order valence-electron chi connectivity index (χ4n) is 5.19. The van der Waals surface area contributed by atoms with E-state index in [0.29, 0.717) is 11.9 Å². The molecule has 5 heteroatoms. The summed E-state index contributed by atoms with van der Waals surface area (Å²) in [5.74, 6) is 0.713. The maximum atomic E-state index is 13.2. The van der Waals surface area contributed by atoms with Gasteiger partial charge >= 0.3 is 6.09 Å². The van der Waals surface area contributed by atoms with Gasteiger partial charge in [-0.2, -0.15) is 0 Å². The summed E-state index contributed by atoms with van der Waals surface area (Å²) in [5.41, 5.74) is 2.06. The number of piperidine rings is 1. The summed E-state index contributed by atoms with van der Waals surface area (Å²) in [6.07, 6.45) is 10.9. The van der Waals surface area contributed by atoms with Gasteiger partial charge in [-0.05, 0) is 70.2 Å². The zero-order valence-corrected chi connectivity index (χ0v) is 20.5. The van der Waals surface area contributed by atoms with Crippen LogP contribution in [0.25, 0.3) is 0 Å². The Morgan fingerprint density at radius 1 is 1.00 bits per heavy atom. The van der Waals surface area contributed by atoms with Crippen molar-refractivity contribution >= 4 is 11.9 Å². The van der Waals surface area contributed by atoms with Crippen LogP contribution in [0.1, 0.15) is 89.3 Å². The predicted molar refractivity (Wildman–Crippen MR) is 133 cm³/mol. The second-order valence-corrected chi connectivity index (χ2v) is 10.6. The molecule has 1 aliphatic carbocycles. The third-order valence-electron chi connectivity index (χ3n) is 6.77. The number of carbonyl (C=O) groups is 1. The van der Waals surface area contributed by atoms with Gasteiger partial charge in [0.05, 0.1) is 0 Å². The quantitative estimate of drug-likeness (QED) is 0.499. The molecule has 2 heterocycles. The van der Waals surface area contributed by atoms with E-state index in [2.05, 4.69) is 41.3 Å². The van der Waals surface area contributed by atoms with Crippen molar-refractivity contribution in [2.24, 2.45) is 0 Å². The molecule has 4 rings (SSSR count). The number of rotatable bonds is 5. The van der Waals surface area contributed by atoms with Crippen molar-refractivity contribution in [3.63, 3.8) is 0 Å². The van der Waals surface area contributed by atoms with E-state index in [9.17, 15) is 4.79 Å². The number of amides is 1. The van der Waals surface area contributed by atoms with Gasteiger partial charge < -0.3 is 4.74 Å². The van der Waals surface area contributed by atoms with E-state index in [4.69, 9.17) is 9.72 Å². The van der Waals surface area contributed by atoms with Crippen LogP contribution in [0, 0.1) is 0 Å². The highest BCUT2D eigenvalue weighted by Gasteiger charge is 2.32. The fourth-order valence-corrected chi connectivity index (χ4v) is 5.19. The molecular weight excluding hydrogens is 410 g/mol. The number of carbonyl (C=O) groups excluding carboxylic acids is 1. The van der Waals surface area contributed by atoms with Crippen LogP contribution in [-0.2, 0) is 11.3 Å². The van der Waals surface area contributed by atoms with E-state index in [-0.39, 0.29) is 12.1 Å². The summed E-state index contributed by atoms with van der Waals surface area (Å²) < 4.78 is 5.78. The molecule has 1 saturated carbocycles. The Kier molecular flexibility index (Phi) is 7.69. The van der Waals surface area contributed by atoms with Gasteiger partial charge in [0.15, 0.2) is 0 Å². The lowest BCUT2D eigenvalue weighted by molar-refractivity contribution is 0.0556. The summed E-state index contributed by atoms with van der Waals surface area (Å²) in [6.45, 7) is 7.83. The van der Waals surface area contributed by atoms with Crippen LogP contribution in [0.3, 0.4) is 0 Å². The molecule has 2 fully saturated rings. The minimum atomic E-state index is -0.524. The van der Waals surface area contributed by atoms with E-state index < -0.39 is 5.60 Å². The van der Waals surface area contributed by atoms with Gasteiger partial charge in [0.2, 0.25) is 0 Å². The molecule has 0 N–H and O–H groups in total. The normalized spacial score (nSPS) is 20.4. The SMILES string of the molecule is CC(C)(C)OC(=O)N(c1ccc(C2CCCCN2Cc2ccccc2)cn1)C1CCCCC1. The number of hydrogen-bond donors (Lipinski definition) is 0. The Morgan fingerprint density at radius 2 is 1.73 bits per heavy atom. The third kappa shape index (κ3) is 6.35. The lowest BCUT2D eigenvalue weighted by Crippen LogP contribution is -2.45. The van der Waals surface area contributed by atoms with Crippen molar-refractivity contribution in [1.82, 2.24) is 9.88 Å². The van der Waals surface area contributed by atoms with Crippen molar-refractivity contribution in [3.05, 3.63) is 59.8 Å². The summed E-state index contributed by atoms with van der Waals surface area (Å²) in [5, 5.41) is 0. The Morgan fingerprint density at radius 3 is 2.39 bits per heavy atom. The molecule has 1 unspecified atom stereocenters. The number of aromatic nitrogens is 1. The average molecular weight is 450 g/mol. The van der Waals surface area contributed by atoms with Crippen LogP contribution in [0.15, 0.2) is 48.7 Å². The Bertz CT molecular complexity index is 886. The molecule has 2 aromatic rings. The second-order valence-electron chi connectivity index (χ2n) is 10.6. The van der Waals surface area contributed by atoms with Crippen molar-refractivity contribution in [2.75, 3.05) is 11.4 Å². The van der Waals surface area contributed by atoms with Gasteiger partial charge in [-0.25, -0.2) is 9.78 Å². The second kappa shape index (κ2) is 10.7. The molecule has 1 aromatic carbocycles. The first-order valence-corrected chi connectivity index (χ1v) is 12.7. The molecule has 1 aliphatic heterocycles. The summed E-state index contributed by atoms with van der Waals surface area (Å²) in [4.78, 5) is 22.4.